The van der Waals surface area contributed by atoms with Crippen LogP contribution in [0.4, 0.5) is 4.79 Å². The molecular formula is C14H21BrN2O3S. The van der Waals surface area contributed by atoms with Gasteiger partial charge >= 0.3 is 12.0 Å². The van der Waals surface area contributed by atoms with Crippen LogP contribution in [0.2, 0.25) is 0 Å². The summed E-state index contributed by atoms with van der Waals surface area (Å²) in [5, 5.41) is 10.8. The maximum Gasteiger partial charge on any atom is 0.320 e. The van der Waals surface area contributed by atoms with Crippen LogP contribution in [0, 0.1) is 0 Å². The molecule has 1 heterocycles. The van der Waals surface area contributed by atoms with Crippen molar-refractivity contribution in [1.29, 1.82) is 0 Å². The van der Waals surface area contributed by atoms with Gasteiger partial charge in [0.05, 0.1) is 13.0 Å². The minimum absolute atomic E-state index is 0.0542. The quantitative estimate of drug-likeness (QED) is 0.852. The highest BCUT2D eigenvalue weighted by Gasteiger charge is 2.29. The molecule has 21 heavy (non-hydrogen) atoms. The van der Waals surface area contributed by atoms with Crippen LogP contribution in [0.3, 0.4) is 0 Å². The Bertz CT molecular complexity index is 511. The van der Waals surface area contributed by atoms with E-state index in [1.54, 1.807) is 28.2 Å². The molecule has 0 aromatic carbocycles. The van der Waals surface area contributed by atoms with Gasteiger partial charge in [0, 0.05) is 33.9 Å². The van der Waals surface area contributed by atoms with Gasteiger partial charge in [-0.1, -0.05) is 0 Å². The monoisotopic (exact) mass is 376 g/mol. The van der Waals surface area contributed by atoms with Crippen LogP contribution in [0.15, 0.2) is 15.9 Å². The molecule has 0 aliphatic heterocycles. The van der Waals surface area contributed by atoms with E-state index in [2.05, 4.69) is 15.9 Å². The summed E-state index contributed by atoms with van der Waals surface area (Å²) in [6.45, 7) is 6.43. The van der Waals surface area contributed by atoms with Crippen LogP contribution < -0.4 is 0 Å². The molecular weight excluding hydrogens is 356 g/mol. The summed E-state index contributed by atoms with van der Waals surface area (Å²) in [7, 11) is 1.73. The number of amides is 2. The maximum atomic E-state index is 12.6. The number of carbonyl (C=O) groups is 2. The Morgan fingerprint density at radius 1 is 1.38 bits per heavy atom. The topological polar surface area (TPSA) is 60.9 Å². The molecule has 0 spiro atoms. The van der Waals surface area contributed by atoms with E-state index >= 15 is 0 Å². The molecule has 1 N–H and O–H groups in total. The number of hydrogen-bond acceptors (Lipinski definition) is 3. The number of nitrogens with zero attached hydrogens (tertiary/aromatic N) is 2. The number of rotatable bonds is 5. The average molecular weight is 377 g/mol. The van der Waals surface area contributed by atoms with Crippen LogP contribution >= 0.6 is 27.3 Å². The maximum absolute atomic E-state index is 12.6. The number of thiophene rings is 1. The Kier molecular flexibility index (Phi) is 6.22. The molecule has 1 aromatic heterocycles. The van der Waals surface area contributed by atoms with Gasteiger partial charge in [-0.05, 0) is 42.8 Å². The number of carbonyl (C=O) groups excluding carboxylic acids is 1. The van der Waals surface area contributed by atoms with Gasteiger partial charge in [-0.3, -0.25) is 4.79 Å². The number of carboxylic acid groups (broad SMARTS) is 1. The van der Waals surface area contributed by atoms with Gasteiger partial charge in [-0.2, -0.15) is 0 Å². The van der Waals surface area contributed by atoms with E-state index in [-0.39, 0.29) is 19.0 Å². The van der Waals surface area contributed by atoms with Crippen LogP contribution in [0.5, 0.6) is 0 Å². The lowest BCUT2D eigenvalue weighted by Crippen LogP contribution is -2.51. The van der Waals surface area contributed by atoms with Crippen LogP contribution in [-0.4, -0.2) is 46.0 Å². The van der Waals surface area contributed by atoms with Crippen LogP contribution in [0.25, 0.3) is 0 Å². The minimum atomic E-state index is -0.901. The summed E-state index contributed by atoms with van der Waals surface area (Å²) in [5.74, 6) is -0.901. The van der Waals surface area contributed by atoms with Crippen molar-refractivity contribution in [1.82, 2.24) is 9.80 Å². The fourth-order valence-corrected chi connectivity index (χ4v) is 3.37. The standard InChI is InChI=1S/C14H21BrN2O3S/c1-14(2,3)17(6-5-12(18)19)13(20)16(4)8-11-7-10(15)9-21-11/h7,9H,5-6,8H2,1-4H3,(H,18,19). The fraction of sp³-hybridized carbons (Fsp3) is 0.571. The van der Waals surface area contributed by atoms with Crippen molar-refractivity contribution in [2.24, 2.45) is 0 Å². The summed E-state index contributed by atoms with van der Waals surface area (Å²) < 4.78 is 1.00. The van der Waals surface area contributed by atoms with Gasteiger partial charge in [0.1, 0.15) is 0 Å². The van der Waals surface area contributed by atoms with Crippen molar-refractivity contribution in [2.75, 3.05) is 13.6 Å². The average Bonchev–Trinajstić information content (AvgIpc) is 2.72. The molecule has 0 saturated carbocycles. The molecule has 0 saturated heterocycles. The number of halogens is 1. The van der Waals surface area contributed by atoms with Gasteiger partial charge in [-0.25, -0.2) is 4.79 Å². The van der Waals surface area contributed by atoms with Crippen LogP contribution in [0.1, 0.15) is 32.1 Å². The summed E-state index contributed by atoms with van der Waals surface area (Å²) in [5.41, 5.74) is -0.420. The minimum Gasteiger partial charge on any atom is -0.481 e. The molecule has 0 unspecified atom stereocenters. The molecule has 0 aliphatic rings. The van der Waals surface area contributed by atoms with Crippen molar-refractivity contribution in [3.63, 3.8) is 0 Å². The molecule has 0 fully saturated rings. The van der Waals surface area contributed by atoms with E-state index in [9.17, 15) is 9.59 Å². The smallest absolute Gasteiger partial charge is 0.320 e. The molecule has 0 radical (unpaired) electrons. The van der Waals surface area contributed by atoms with E-state index < -0.39 is 11.5 Å². The summed E-state index contributed by atoms with van der Waals surface area (Å²) in [6, 6.07) is 1.82. The molecule has 0 aliphatic carbocycles. The zero-order chi connectivity index (χ0) is 16.2. The third-order valence-electron chi connectivity index (χ3n) is 2.93. The molecule has 1 rings (SSSR count). The second kappa shape index (κ2) is 7.26. The first kappa shape index (κ1) is 18.0. The first-order chi connectivity index (χ1) is 9.61. The Balaban J connectivity index is 2.76. The molecule has 0 atom stereocenters. The third kappa shape index (κ3) is 5.67. The molecule has 118 valence electrons. The molecule has 0 bridgehead atoms. The first-order valence-electron chi connectivity index (χ1n) is 6.58. The highest BCUT2D eigenvalue weighted by molar-refractivity contribution is 9.10. The zero-order valence-corrected chi connectivity index (χ0v) is 15.1. The lowest BCUT2D eigenvalue weighted by atomic mass is 10.1. The van der Waals surface area contributed by atoms with Gasteiger partial charge in [-0.15, -0.1) is 11.3 Å². The lowest BCUT2D eigenvalue weighted by Gasteiger charge is -2.38. The summed E-state index contributed by atoms with van der Waals surface area (Å²) in [4.78, 5) is 27.6. The number of aliphatic carboxylic acids is 1. The van der Waals surface area contributed by atoms with Crippen molar-refractivity contribution >= 4 is 39.3 Å². The predicted octanol–water partition coefficient (Wildman–Crippen LogP) is 3.64. The fourth-order valence-electron chi connectivity index (χ4n) is 1.87. The normalized spacial score (nSPS) is 11.3. The van der Waals surface area contributed by atoms with E-state index in [1.165, 1.54) is 0 Å². The Hall–Kier alpha value is -1.08. The van der Waals surface area contributed by atoms with E-state index in [0.29, 0.717) is 6.54 Å². The van der Waals surface area contributed by atoms with Crippen molar-refractivity contribution in [2.45, 2.75) is 39.3 Å². The van der Waals surface area contributed by atoms with Crippen molar-refractivity contribution in [3.05, 3.63) is 20.8 Å². The highest BCUT2D eigenvalue weighted by Crippen LogP contribution is 2.22. The molecule has 2 amide bonds. The predicted molar refractivity (Wildman–Crippen MR) is 87.6 cm³/mol. The van der Waals surface area contributed by atoms with Crippen molar-refractivity contribution < 1.29 is 14.7 Å². The van der Waals surface area contributed by atoms with Gasteiger partial charge in [0.2, 0.25) is 0 Å². The second-order valence-electron chi connectivity index (χ2n) is 5.84. The van der Waals surface area contributed by atoms with Gasteiger partial charge < -0.3 is 14.9 Å². The van der Waals surface area contributed by atoms with Gasteiger partial charge in [0.15, 0.2) is 0 Å². The van der Waals surface area contributed by atoms with Crippen LogP contribution in [-0.2, 0) is 11.3 Å². The number of carboxylic acids is 1. The molecule has 5 nitrogen and oxygen atoms in total. The SMILES string of the molecule is CN(Cc1cc(Br)cs1)C(=O)N(CCC(=O)O)C(C)(C)C. The van der Waals surface area contributed by atoms with E-state index in [4.69, 9.17) is 5.11 Å². The van der Waals surface area contributed by atoms with E-state index in [1.807, 2.05) is 32.2 Å². The van der Waals surface area contributed by atoms with E-state index in [0.717, 1.165) is 9.35 Å². The largest absolute Gasteiger partial charge is 0.481 e. The lowest BCUT2D eigenvalue weighted by molar-refractivity contribution is -0.137. The molecule has 1 aromatic rings. The zero-order valence-electron chi connectivity index (χ0n) is 12.7. The Labute approximate surface area is 137 Å². The molecule has 7 heteroatoms. The summed E-state index contributed by atoms with van der Waals surface area (Å²) >= 11 is 4.97. The number of urea groups is 1. The number of hydrogen-bond donors (Lipinski definition) is 1. The Morgan fingerprint density at radius 3 is 2.43 bits per heavy atom. The first-order valence-corrected chi connectivity index (χ1v) is 8.26. The second-order valence-corrected chi connectivity index (χ2v) is 7.75. The Morgan fingerprint density at radius 2 is 2.00 bits per heavy atom. The van der Waals surface area contributed by atoms with Gasteiger partial charge in [0.25, 0.3) is 0 Å². The highest BCUT2D eigenvalue weighted by atomic mass is 79.9. The third-order valence-corrected chi connectivity index (χ3v) is 4.61. The summed E-state index contributed by atoms with van der Waals surface area (Å²) in [6.07, 6.45) is -0.0542. The van der Waals surface area contributed by atoms with Crippen molar-refractivity contribution in [3.8, 4) is 0 Å².